The first-order valence-corrected chi connectivity index (χ1v) is 8.96. The van der Waals surface area contributed by atoms with Crippen LogP contribution in [-0.4, -0.2) is 23.0 Å². The zero-order valence-electron chi connectivity index (χ0n) is 15.3. The Balaban J connectivity index is 1.56. The third-order valence-corrected chi connectivity index (χ3v) is 4.23. The summed E-state index contributed by atoms with van der Waals surface area (Å²) in [4.78, 5) is 34.2. The molecule has 0 unspecified atom stereocenters. The molecule has 0 aromatic heterocycles. The Morgan fingerprint density at radius 3 is 2.30 bits per heavy atom. The molecule has 150 valence electrons. The Morgan fingerprint density at radius 2 is 1.67 bits per heavy atom. The number of esters is 1. The van der Waals surface area contributed by atoms with Crippen molar-refractivity contribution in [1.29, 1.82) is 0 Å². The Morgan fingerprint density at radius 1 is 1.00 bits per heavy atom. The highest BCUT2D eigenvalue weighted by molar-refractivity contribution is 6.33. The van der Waals surface area contributed by atoms with E-state index in [-0.39, 0.29) is 16.8 Å². The molecule has 0 saturated heterocycles. The van der Waals surface area contributed by atoms with Gasteiger partial charge in [0.05, 0.1) is 21.7 Å². The minimum absolute atomic E-state index is 0.106. The van der Waals surface area contributed by atoms with Gasteiger partial charge in [-0.2, -0.15) is 5.10 Å². The topological polar surface area (TPSA) is 111 Å². The number of nitrogens with one attached hydrogen (secondary N) is 1. The first-order valence-electron chi connectivity index (χ1n) is 8.58. The van der Waals surface area contributed by atoms with Gasteiger partial charge in [-0.1, -0.05) is 23.7 Å². The van der Waals surface area contributed by atoms with Crippen molar-refractivity contribution < 1.29 is 19.2 Å². The van der Waals surface area contributed by atoms with Crippen molar-refractivity contribution in [3.63, 3.8) is 0 Å². The second-order valence-corrected chi connectivity index (χ2v) is 6.35. The lowest BCUT2D eigenvalue weighted by Crippen LogP contribution is -2.17. The van der Waals surface area contributed by atoms with Gasteiger partial charge in [-0.15, -0.1) is 0 Å². The summed E-state index contributed by atoms with van der Waals surface area (Å²) in [5.74, 6) is -0.754. The van der Waals surface area contributed by atoms with Crippen molar-refractivity contribution in [1.82, 2.24) is 5.43 Å². The number of nitro benzene ring substituents is 1. The molecule has 30 heavy (non-hydrogen) atoms. The van der Waals surface area contributed by atoms with Crippen LogP contribution in [0.25, 0.3) is 0 Å². The van der Waals surface area contributed by atoms with E-state index < -0.39 is 16.8 Å². The third kappa shape index (κ3) is 5.27. The number of nitro groups is 1. The molecule has 0 fully saturated rings. The van der Waals surface area contributed by atoms with Gasteiger partial charge in [-0.3, -0.25) is 14.9 Å². The fraction of sp³-hybridized carbons (Fsp3) is 0. The van der Waals surface area contributed by atoms with Crippen molar-refractivity contribution in [3.05, 3.63) is 105 Å². The Kier molecular flexibility index (Phi) is 6.51. The molecule has 3 aromatic carbocycles. The molecular formula is C21H14ClN3O5. The highest BCUT2D eigenvalue weighted by Gasteiger charge is 2.12. The van der Waals surface area contributed by atoms with Gasteiger partial charge in [-0.25, -0.2) is 10.2 Å². The zero-order valence-corrected chi connectivity index (χ0v) is 16.1. The van der Waals surface area contributed by atoms with Gasteiger partial charge in [0.25, 0.3) is 11.6 Å². The van der Waals surface area contributed by atoms with Crippen molar-refractivity contribution >= 4 is 35.4 Å². The summed E-state index contributed by atoms with van der Waals surface area (Å²) < 4.78 is 5.28. The van der Waals surface area contributed by atoms with Gasteiger partial charge in [0, 0.05) is 17.7 Å². The quantitative estimate of drug-likeness (QED) is 0.210. The van der Waals surface area contributed by atoms with Crippen LogP contribution in [0.4, 0.5) is 5.69 Å². The average molecular weight is 424 g/mol. The van der Waals surface area contributed by atoms with Gasteiger partial charge < -0.3 is 4.74 Å². The fourth-order valence-electron chi connectivity index (χ4n) is 2.38. The van der Waals surface area contributed by atoms with E-state index in [1.807, 2.05) is 0 Å². The predicted octanol–water partition coefficient (Wildman–Crippen LogP) is 4.23. The van der Waals surface area contributed by atoms with Crippen LogP contribution < -0.4 is 10.2 Å². The van der Waals surface area contributed by atoms with Crippen molar-refractivity contribution in [2.45, 2.75) is 0 Å². The van der Waals surface area contributed by atoms with E-state index in [2.05, 4.69) is 10.5 Å². The number of benzene rings is 3. The monoisotopic (exact) mass is 423 g/mol. The molecule has 0 saturated carbocycles. The number of halogens is 1. The second kappa shape index (κ2) is 9.44. The van der Waals surface area contributed by atoms with Crippen molar-refractivity contribution in [2.75, 3.05) is 0 Å². The standard InChI is InChI=1S/C21H14ClN3O5/c22-19-4-2-1-3-18(19)21(27)30-17-11-5-14(6-12-17)13-23-24-20(26)15-7-9-16(10-8-15)25(28)29/h1-13H,(H,24,26)/b23-13+. The predicted molar refractivity (Wildman–Crippen MR) is 111 cm³/mol. The third-order valence-electron chi connectivity index (χ3n) is 3.90. The number of amides is 1. The number of non-ortho nitro benzene ring substituents is 1. The molecule has 1 N–H and O–H groups in total. The number of hydrogen-bond acceptors (Lipinski definition) is 6. The Hall–Kier alpha value is -4.04. The lowest BCUT2D eigenvalue weighted by Gasteiger charge is -2.06. The number of hydrogen-bond donors (Lipinski definition) is 1. The van der Waals surface area contributed by atoms with Gasteiger partial charge in [0.15, 0.2) is 0 Å². The molecule has 9 heteroatoms. The summed E-state index contributed by atoms with van der Waals surface area (Å²) in [6.07, 6.45) is 1.41. The van der Waals surface area contributed by atoms with E-state index in [1.165, 1.54) is 30.5 Å². The van der Waals surface area contributed by atoms with Gasteiger partial charge in [-0.05, 0) is 54.1 Å². The molecule has 1 amide bonds. The maximum Gasteiger partial charge on any atom is 0.345 e. The van der Waals surface area contributed by atoms with E-state index in [4.69, 9.17) is 16.3 Å². The van der Waals surface area contributed by atoms with E-state index in [0.29, 0.717) is 16.3 Å². The molecule has 0 heterocycles. The van der Waals surface area contributed by atoms with Gasteiger partial charge >= 0.3 is 5.97 Å². The summed E-state index contributed by atoms with van der Waals surface area (Å²) in [6.45, 7) is 0. The summed E-state index contributed by atoms with van der Waals surface area (Å²) in [5, 5.41) is 14.8. The normalized spacial score (nSPS) is 10.6. The van der Waals surface area contributed by atoms with E-state index in [9.17, 15) is 19.7 Å². The first-order chi connectivity index (χ1) is 14.4. The lowest BCUT2D eigenvalue weighted by molar-refractivity contribution is -0.384. The zero-order chi connectivity index (χ0) is 21.5. The molecule has 3 rings (SSSR count). The van der Waals surface area contributed by atoms with Crippen LogP contribution in [0.15, 0.2) is 77.9 Å². The number of rotatable bonds is 6. The van der Waals surface area contributed by atoms with Crippen LogP contribution in [0.1, 0.15) is 26.3 Å². The fourth-order valence-corrected chi connectivity index (χ4v) is 2.59. The lowest BCUT2D eigenvalue weighted by atomic mass is 10.2. The number of carbonyl (C=O) groups excluding carboxylic acids is 2. The van der Waals surface area contributed by atoms with Crippen LogP contribution in [0.2, 0.25) is 5.02 Å². The Labute approximate surface area is 175 Å². The number of carbonyl (C=O) groups is 2. The molecule has 0 aliphatic carbocycles. The molecular weight excluding hydrogens is 410 g/mol. The maximum atomic E-state index is 12.1. The average Bonchev–Trinajstić information content (AvgIpc) is 2.75. The van der Waals surface area contributed by atoms with E-state index >= 15 is 0 Å². The maximum absolute atomic E-state index is 12.1. The molecule has 0 spiro atoms. The summed E-state index contributed by atoms with van der Waals surface area (Å²) in [5.41, 5.74) is 3.37. The highest BCUT2D eigenvalue weighted by Crippen LogP contribution is 2.19. The molecule has 0 aliphatic heterocycles. The van der Waals surface area contributed by atoms with Crippen molar-refractivity contribution in [2.24, 2.45) is 5.10 Å². The van der Waals surface area contributed by atoms with Crippen LogP contribution in [0, 0.1) is 10.1 Å². The van der Waals surface area contributed by atoms with Crippen LogP contribution >= 0.6 is 11.6 Å². The molecule has 0 bridgehead atoms. The van der Waals surface area contributed by atoms with Crippen molar-refractivity contribution in [3.8, 4) is 5.75 Å². The smallest absolute Gasteiger partial charge is 0.345 e. The van der Waals surface area contributed by atoms with Crippen LogP contribution in [0.5, 0.6) is 5.75 Å². The minimum Gasteiger partial charge on any atom is -0.423 e. The number of ether oxygens (including phenoxy) is 1. The number of nitrogens with zero attached hydrogens (tertiary/aromatic N) is 2. The van der Waals surface area contributed by atoms with Crippen LogP contribution in [0.3, 0.4) is 0 Å². The SMILES string of the molecule is O=C(N/N=C/c1ccc(OC(=O)c2ccccc2Cl)cc1)c1ccc([N+](=O)[O-])cc1. The van der Waals surface area contributed by atoms with Gasteiger partial charge in [0.1, 0.15) is 5.75 Å². The highest BCUT2D eigenvalue weighted by atomic mass is 35.5. The Bertz CT molecular complexity index is 1110. The number of hydrazone groups is 1. The minimum atomic E-state index is -0.572. The summed E-state index contributed by atoms with van der Waals surface area (Å²) >= 11 is 5.98. The van der Waals surface area contributed by atoms with Gasteiger partial charge in [0.2, 0.25) is 0 Å². The largest absolute Gasteiger partial charge is 0.423 e. The van der Waals surface area contributed by atoms with E-state index in [0.717, 1.165) is 0 Å². The summed E-state index contributed by atoms with van der Waals surface area (Å²) in [6, 6.07) is 18.2. The van der Waals surface area contributed by atoms with Crippen LogP contribution in [-0.2, 0) is 0 Å². The van der Waals surface area contributed by atoms with E-state index in [1.54, 1.807) is 48.5 Å². The molecule has 0 atom stereocenters. The molecule has 8 nitrogen and oxygen atoms in total. The first kappa shape index (κ1) is 20.7. The second-order valence-electron chi connectivity index (χ2n) is 5.94. The molecule has 0 radical (unpaired) electrons. The molecule has 3 aromatic rings. The molecule has 0 aliphatic rings. The summed E-state index contributed by atoms with van der Waals surface area (Å²) in [7, 11) is 0.